The molecule has 1 aromatic heterocycles. The lowest BCUT2D eigenvalue weighted by molar-refractivity contribution is 0.579. The van der Waals surface area contributed by atoms with Crippen molar-refractivity contribution in [1.82, 2.24) is 9.97 Å². The van der Waals surface area contributed by atoms with Gasteiger partial charge in [0.15, 0.2) is 0 Å². The lowest BCUT2D eigenvalue weighted by Crippen LogP contribution is -2.13. The van der Waals surface area contributed by atoms with Crippen molar-refractivity contribution in [3.05, 3.63) is 15.1 Å². The first kappa shape index (κ1) is 15.5. The molecule has 4 heteroatoms. The zero-order valence-electron chi connectivity index (χ0n) is 13.2. The molecular weight excluding hydrogens is 373 g/mol. The summed E-state index contributed by atoms with van der Waals surface area (Å²) in [6.45, 7) is 5.43. The minimum Gasteiger partial charge on any atom is -0.369 e. The van der Waals surface area contributed by atoms with Crippen LogP contribution in [0.4, 0.5) is 5.82 Å². The molecule has 0 aromatic carbocycles. The van der Waals surface area contributed by atoms with Crippen molar-refractivity contribution < 1.29 is 0 Å². The van der Waals surface area contributed by atoms with Gasteiger partial charge in [-0.15, -0.1) is 0 Å². The third kappa shape index (κ3) is 3.35. The van der Waals surface area contributed by atoms with E-state index in [4.69, 9.17) is 9.97 Å². The highest BCUT2D eigenvalue weighted by Crippen LogP contribution is 2.40. The van der Waals surface area contributed by atoms with Gasteiger partial charge in [-0.25, -0.2) is 9.97 Å². The van der Waals surface area contributed by atoms with Crippen LogP contribution in [0.15, 0.2) is 0 Å². The van der Waals surface area contributed by atoms with E-state index in [9.17, 15) is 0 Å². The average molecular weight is 399 g/mol. The molecule has 2 fully saturated rings. The van der Waals surface area contributed by atoms with Gasteiger partial charge in [-0.3, -0.25) is 0 Å². The molecular formula is C17H26IN3. The zero-order chi connectivity index (χ0) is 14.8. The van der Waals surface area contributed by atoms with Gasteiger partial charge >= 0.3 is 0 Å². The number of anilines is 1. The number of nitrogens with zero attached hydrogens (tertiary/aromatic N) is 2. The molecule has 1 aromatic rings. The number of rotatable bonds is 4. The third-order valence-corrected chi connectivity index (χ3v) is 6.10. The monoisotopic (exact) mass is 399 g/mol. The number of nitrogens with one attached hydrogen (secondary N) is 1. The van der Waals surface area contributed by atoms with Crippen LogP contribution in [-0.2, 0) is 0 Å². The molecule has 2 atom stereocenters. The van der Waals surface area contributed by atoms with E-state index in [1.165, 1.54) is 54.2 Å². The minimum atomic E-state index is 0.578. The van der Waals surface area contributed by atoms with Gasteiger partial charge in [-0.2, -0.15) is 0 Å². The normalized spacial score (nSPS) is 26.4. The van der Waals surface area contributed by atoms with Crippen molar-refractivity contribution in [3.8, 4) is 0 Å². The summed E-state index contributed by atoms with van der Waals surface area (Å²) < 4.78 is 1.26. The van der Waals surface area contributed by atoms with Crippen LogP contribution in [0.3, 0.4) is 0 Å². The molecule has 116 valence electrons. The van der Waals surface area contributed by atoms with E-state index in [0.29, 0.717) is 11.8 Å². The van der Waals surface area contributed by atoms with Crippen LogP contribution in [0.2, 0.25) is 0 Å². The van der Waals surface area contributed by atoms with E-state index in [0.717, 1.165) is 24.1 Å². The van der Waals surface area contributed by atoms with Gasteiger partial charge in [-0.1, -0.05) is 19.8 Å². The summed E-state index contributed by atoms with van der Waals surface area (Å²) in [6, 6.07) is 0. The smallest absolute Gasteiger partial charge is 0.143 e. The molecule has 0 amide bonds. The molecule has 3 nitrogen and oxygen atoms in total. The fraction of sp³-hybridized carbons (Fsp3) is 0.765. The maximum atomic E-state index is 5.06. The minimum absolute atomic E-state index is 0.578. The van der Waals surface area contributed by atoms with E-state index in [1.54, 1.807) is 0 Å². The van der Waals surface area contributed by atoms with Gasteiger partial charge in [0, 0.05) is 18.4 Å². The summed E-state index contributed by atoms with van der Waals surface area (Å²) in [7, 11) is 0. The van der Waals surface area contributed by atoms with E-state index in [-0.39, 0.29) is 0 Å². The molecule has 3 rings (SSSR count). The van der Waals surface area contributed by atoms with Gasteiger partial charge in [0.2, 0.25) is 0 Å². The Hall–Kier alpha value is -0.390. The fourth-order valence-corrected chi connectivity index (χ4v) is 4.73. The number of hydrogen-bond donors (Lipinski definition) is 1. The lowest BCUT2D eigenvalue weighted by Gasteiger charge is -2.18. The third-order valence-electron chi connectivity index (χ3n) is 5.04. The first-order valence-corrected chi connectivity index (χ1v) is 9.58. The molecule has 0 spiro atoms. The van der Waals surface area contributed by atoms with Crippen LogP contribution < -0.4 is 5.32 Å². The molecule has 2 aliphatic carbocycles. The van der Waals surface area contributed by atoms with Crippen molar-refractivity contribution >= 4 is 28.4 Å². The van der Waals surface area contributed by atoms with E-state index in [1.807, 2.05) is 0 Å². The highest BCUT2D eigenvalue weighted by Gasteiger charge is 2.29. The van der Waals surface area contributed by atoms with E-state index in [2.05, 4.69) is 41.8 Å². The van der Waals surface area contributed by atoms with E-state index >= 15 is 0 Å². The predicted octanol–water partition coefficient (Wildman–Crippen LogP) is 5.07. The van der Waals surface area contributed by atoms with Crippen molar-refractivity contribution in [2.45, 2.75) is 70.6 Å². The Morgan fingerprint density at radius 2 is 1.86 bits per heavy atom. The Kier molecular flexibility index (Phi) is 5.02. The molecule has 2 aliphatic rings. The quantitative estimate of drug-likeness (QED) is 0.718. The van der Waals surface area contributed by atoms with Crippen LogP contribution in [0, 0.1) is 9.49 Å². The van der Waals surface area contributed by atoms with Crippen LogP contribution in [-0.4, -0.2) is 16.5 Å². The highest BCUT2D eigenvalue weighted by molar-refractivity contribution is 14.1. The first-order chi connectivity index (χ1) is 10.2. The molecule has 2 saturated carbocycles. The second kappa shape index (κ2) is 6.80. The predicted molar refractivity (Wildman–Crippen MR) is 95.9 cm³/mol. The van der Waals surface area contributed by atoms with Gasteiger partial charge in [-0.05, 0) is 67.5 Å². The van der Waals surface area contributed by atoms with Crippen molar-refractivity contribution in [1.29, 1.82) is 0 Å². The molecule has 0 bridgehead atoms. The summed E-state index contributed by atoms with van der Waals surface area (Å²) >= 11 is 2.45. The Morgan fingerprint density at radius 3 is 2.48 bits per heavy atom. The number of aromatic nitrogens is 2. The molecule has 21 heavy (non-hydrogen) atoms. The molecule has 0 radical (unpaired) electrons. The molecule has 1 heterocycles. The van der Waals surface area contributed by atoms with Gasteiger partial charge < -0.3 is 5.32 Å². The fourth-order valence-electron chi connectivity index (χ4n) is 3.86. The van der Waals surface area contributed by atoms with Crippen LogP contribution in [0.1, 0.15) is 82.1 Å². The summed E-state index contributed by atoms with van der Waals surface area (Å²) in [5.74, 6) is 4.25. The standard InChI is InChI=1S/C17H26IN3/c1-3-19-17-14(18)15(12-6-4-5-7-12)20-16(21-17)13-9-8-11(2)10-13/h11-13H,3-10H2,1-2H3,(H,19,20,21). The van der Waals surface area contributed by atoms with E-state index < -0.39 is 0 Å². The van der Waals surface area contributed by atoms with Crippen molar-refractivity contribution in [2.24, 2.45) is 5.92 Å². The summed E-state index contributed by atoms with van der Waals surface area (Å²) in [4.78, 5) is 9.94. The summed E-state index contributed by atoms with van der Waals surface area (Å²) in [6.07, 6.45) is 9.18. The first-order valence-electron chi connectivity index (χ1n) is 8.50. The summed E-state index contributed by atoms with van der Waals surface area (Å²) in [5, 5.41) is 3.46. The Labute approximate surface area is 141 Å². The highest BCUT2D eigenvalue weighted by atomic mass is 127. The average Bonchev–Trinajstić information content (AvgIpc) is 3.12. The summed E-state index contributed by atoms with van der Waals surface area (Å²) in [5.41, 5.74) is 1.33. The molecule has 0 aliphatic heterocycles. The van der Waals surface area contributed by atoms with Crippen molar-refractivity contribution in [3.63, 3.8) is 0 Å². The van der Waals surface area contributed by atoms with Gasteiger partial charge in [0.05, 0.1) is 9.26 Å². The second-order valence-electron chi connectivity index (χ2n) is 6.76. The second-order valence-corrected chi connectivity index (χ2v) is 7.84. The van der Waals surface area contributed by atoms with Gasteiger partial charge in [0.25, 0.3) is 0 Å². The number of halogens is 1. The molecule has 2 unspecified atom stereocenters. The van der Waals surface area contributed by atoms with Gasteiger partial charge in [0.1, 0.15) is 11.6 Å². The Morgan fingerprint density at radius 1 is 1.10 bits per heavy atom. The number of hydrogen-bond acceptors (Lipinski definition) is 3. The topological polar surface area (TPSA) is 37.8 Å². The lowest BCUT2D eigenvalue weighted by atomic mass is 10.0. The SMILES string of the molecule is CCNc1nc(C2CCC(C)C2)nc(C2CCCC2)c1I. The maximum absolute atomic E-state index is 5.06. The zero-order valence-corrected chi connectivity index (χ0v) is 15.3. The van der Waals surface area contributed by atoms with Crippen LogP contribution in [0.25, 0.3) is 0 Å². The maximum Gasteiger partial charge on any atom is 0.143 e. The van der Waals surface area contributed by atoms with Crippen molar-refractivity contribution in [2.75, 3.05) is 11.9 Å². The molecule has 0 saturated heterocycles. The van der Waals surface area contributed by atoms with Crippen LogP contribution in [0.5, 0.6) is 0 Å². The Bertz CT molecular complexity index is 497. The molecule has 1 N–H and O–H groups in total. The van der Waals surface area contributed by atoms with Crippen LogP contribution >= 0.6 is 22.6 Å². The largest absolute Gasteiger partial charge is 0.369 e. The Balaban J connectivity index is 1.95.